The SMILES string of the molecule is COCCCN(Cc1c(C)cc2oc(=O)c(Cc3ccccc3)c(C)c2c1O)CC1CCCN2CCCCC12. The summed E-state index contributed by atoms with van der Waals surface area (Å²) in [6, 6.07) is 12.6. The van der Waals surface area contributed by atoms with Crippen molar-refractivity contribution < 1.29 is 14.3 Å². The summed E-state index contributed by atoms with van der Waals surface area (Å²) in [7, 11) is 1.76. The number of rotatable bonds is 10. The van der Waals surface area contributed by atoms with Gasteiger partial charge >= 0.3 is 5.63 Å². The molecule has 5 rings (SSSR count). The zero-order valence-corrected chi connectivity index (χ0v) is 23.9. The second-order valence-electron chi connectivity index (χ2n) is 11.6. The third kappa shape index (κ3) is 6.24. The van der Waals surface area contributed by atoms with Gasteiger partial charge in [-0.05, 0) is 87.7 Å². The maximum absolute atomic E-state index is 13.0. The van der Waals surface area contributed by atoms with Crippen LogP contribution >= 0.6 is 0 Å². The molecule has 6 heteroatoms. The Morgan fingerprint density at radius 1 is 1.08 bits per heavy atom. The van der Waals surface area contributed by atoms with Gasteiger partial charge in [-0.1, -0.05) is 36.8 Å². The highest BCUT2D eigenvalue weighted by Gasteiger charge is 2.34. The first-order chi connectivity index (χ1) is 19.0. The van der Waals surface area contributed by atoms with Crippen LogP contribution in [0.25, 0.3) is 11.0 Å². The number of aromatic hydroxyl groups is 1. The number of hydrogen-bond donors (Lipinski definition) is 1. The minimum Gasteiger partial charge on any atom is -0.507 e. The lowest BCUT2D eigenvalue weighted by molar-refractivity contribution is 0.0371. The largest absolute Gasteiger partial charge is 0.507 e. The summed E-state index contributed by atoms with van der Waals surface area (Å²) in [4.78, 5) is 18.2. The van der Waals surface area contributed by atoms with Crippen molar-refractivity contribution in [3.8, 4) is 5.75 Å². The van der Waals surface area contributed by atoms with E-state index in [1.165, 1.54) is 45.2 Å². The van der Waals surface area contributed by atoms with E-state index in [9.17, 15) is 9.90 Å². The highest BCUT2D eigenvalue weighted by molar-refractivity contribution is 5.89. The molecule has 210 valence electrons. The van der Waals surface area contributed by atoms with Gasteiger partial charge in [0, 0.05) is 56.9 Å². The number of fused-ring (bicyclic) bond motifs is 2. The maximum atomic E-state index is 13.0. The summed E-state index contributed by atoms with van der Waals surface area (Å²) in [6.45, 7) is 9.79. The smallest absolute Gasteiger partial charge is 0.340 e. The van der Waals surface area contributed by atoms with Crippen molar-refractivity contribution in [1.82, 2.24) is 9.80 Å². The van der Waals surface area contributed by atoms with Crippen molar-refractivity contribution >= 4 is 11.0 Å². The summed E-state index contributed by atoms with van der Waals surface area (Å²) < 4.78 is 11.2. The average Bonchev–Trinajstić information content (AvgIpc) is 2.94. The van der Waals surface area contributed by atoms with Gasteiger partial charge < -0.3 is 19.2 Å². The molecule has 1 N–H and O–H groups in total. The van der Waals surface area contributed by atoms with Crippen LogP contribution in [-0.4, -0.2) is 60.8 Å². The van der Waals surface area contributed by atoms with E-state index >= 15 is 0 Å². The Labute approximate surface area is 232 Å². The van der Waals surface area contributed by atoms with Gasteiger partial charge in [0.1, 0.15) is 11.3 Å². The molecule has 2 aliphatic rings. The lowest BCUT2D eigenvalue weighted by atomic mass is 9.83. The van der Waals surface area contributed by atoms with Gasteiger partial charge in [0.15, 0.2) is 0 Å². The number of aryl methyl sites for hydroxylation is 2. The van der Waals surface area contributed by atoms with E-state index in [1.807, 2.05) is 50.2 Å². The van der Waals surface area contributed by atoms with Gasteiger partial charge in [0.25, 0.3) is 0 Å². The molecule has 3 aromatic rings. The number of nitrogens with zero attached hydrogens (tertiary/aromatic N) is 2. The van der Waals surface area contributed by atoms with Gasteiger partial charge in [-0.15, -0.1) is 0 Å². The van der Waals surface area contributed by atoms with Crippen molar-refractivity contribution in [2.45, 2.75) is 71.4 Å². The molecule has 1 aromatic heterocycles. The Balaban J connectivity index is 1.46. The number of ether oxygens (including phenoxy) is 1. The van der Waals surface area contributed by atoms with E-state index in [0.717, 1.165) is 48.4 Å². The van der Waals surface area contributed by atoms with Gasteiger partial charge in [-0.2, -0.15) is 0 Å². The number of phenols is 1. The van der Waals surface area contributed by atoms with Crippen molar-refractivity contribution in [3.63, 3.8) is 0 Å². The Kier molecular flexibility index (Phi) is 9.06. The van der Waals surface area contributed by atoms with Crippen molar-refractivity contribution in [1.29, 1.82) is 0 Å². The molecule has 0 radical (unpaired) electrons. The van der Waals surface area contributed by atoms with E-state index in [0.29, 0.717) is 41.5 Å². The van der Waals surface area contributed by atoms with Crippen LogP contribution in [0.1, 0.15) is 66.3 Å². The number of methoxy groups -OCH3 is 1. The molecule has 2 unspecified atom stereocenters. The molecule has 6 nitrogen and oxygen atoms in total. The quantitative estimate of drug-likeness (QED) is 0.263. The average molecular weight is 533 g/mol. The molecule has 3 heterocycles. The second kappa shape index (κ2) is 12.7. The lowest BCUT2D eigenvalue weighted by Gasteiger charge is -2.45. The number of benzene rings is 2. The minimum atomic E-state index is -0.328. The van der Waals surface area contributed by atoms with Gasteiger partial charge in [0.05, 0.1) is 5.39 Å². The lowest BCUT2D eigenvalue weighted by Crippen LogP contribution is -2.51. The van der Waals surface area contributed by atoms with Gasteiger partial charge in [-0.3, -0.25) is 4.90 Å². The Morgan fingerprint density at radius 2 is 1.87 bits per heavy atom. The van der Waals surface area contributed by atoms with Crippen LogP contribution in [-0.2, 0) is 17.7 Å². The second-order valence-corrected chi connectivity index (χ2v) is 11.6. The molecule has 0 amide bonds. The van der Waals surface area contributed by atoms with Gasteiger partial charge in [-0.25, -0.2) is 4.79 Å². The van der Waals surface area contributed by atoms with Crippen molar-refractivity contribution in [2.24, 2.45) is 5.92 Å². The molecule has 2 aromatic carbocycles. The van der Waals surface area contributed by atoms with E-state index in [-0.39, 0.29) is 11.4 Å². The van der Waals surface area contributed by atoms with Crippen LogP contribution in [0.3, 0.4) is 0 Å². The first-order valence-electron chi connectivity index (χ1n) is 14.7. The third-order valence-electron chi connectivity index (χ3n) is 9.02. The van der Waals surface area contributed by atoms with Crippen molar-refractivity contribution in [3.05, 3.63) is 74.6 Å². The number of phenolic OH excluding ortho intramolecular Hbond substituents is 1. The van der Waals surface area contributed by atoms with Crippen LogP contribution in [0.2, 0.25) is 0 Å². The van der Waals surface area contributed by atoms with Crippen LogP contribution in [0.5, 0.6) is 5.75 Å². The Morgan fingerprint density at radius 3 is 2.67 bits per heavy atom. The normalized spacial score (nSPS) is 20.0. The van der Waals surface area contributed by atoms with Crippen molar-refractivity contribution in [2.75, 3.05) is 39.9 Å². The highest BCUT2D eigenvalue weighted by atomic mass is 16.5. The van der Waals surface area contributed by atoms with Crippen LogP contribution in [0, 0.1) is 19.8 Å². The molecule has 2 atom stereocenters. The van der Waals surface area contributed by atoms with E-state index in [4.69, 9.17) is 9.15 Å². The van der Waals surface area contributed by atoms with E-state index in [1.54, 1.807) is 7.11 Å². The monoisotopic (exact) mass is 532 g/mol. The van der Waals surface area contributed by atoms with E-state index in [2.05, 4.69) is 9.80 Å². The molecule has 0 saturated carbocycles. The molecule has 39 heavy (non-hydrogen) atoms. The zero-order valence-electron chi connectivity index (χ0n) is 23.9. The van der Waals surface area contributed by atoms with Gasteiger partial charge in [0.2, 0.25) is 0 Å². The number of hydrogen-bond acceptors (Lipinski definition) is 6. The molecule has 2 fully saturated rings. The fourth-order valence-electron chi connectivity index (χ4n) is 6.94. The molecule has 2 saturated heterocycles. The molecule has 2 aliphatic heterocycles. The molecule has 0 bridgehead atoms. The minimum absolute atomic E-state index is 0.250. The summed E-state index contributed by atoms with van der Waals surface area (Å²) in [5.41, 5.74) is 4.48. The van der Waals surface area contributed by atoms with E-state index < -0.39 is 0 Å². The standard InChI is InChI=1S/C33H44N2O4/c1-23-19-30-31(24(2)27(33(37)39-30)20-25-11-5-4-6-12-25)32(36)28(23)22-34(15-10-18-38-3)21-26-13-9-17-35-16-8-7-14-29(26)35/h4-6,11-12,19,26,29,36H,7-10,13-18,20-22H2,1-3H3. The molecular weight excluding hydrogens is 488 g/mol. The van der Waals surface area contributed by atoms with Crippen LogP contribution < -0.4 is 5.63 Å². The Hall–Kier alpha value is -2.67. The first-order valence-corrected chi connectivity index (χ1v) is 14.7. The summed E-state index contributed by atoms with van der Waals surface area (Å²) >= 11 is 0. The molecule has 0 spiro atoms. The van der Waals surface area contributed by atoms with Crippen LogP contribution in [0.4, 0.5) is 0 Å². The fourth-order valence-corrected chi connectivity index (χ4v) is 6.94. The van der Waals surface area contributed by atoms with Crippen LogP contribution in [0.15, 0.2) is 45.6 Å². The summed E-state index contributed by atoms with van der Waals surface area (Å²) in [6.07, 6.45) is 7.96. The third-order valence-corrected chi connectivity index (χ3v) is 9.02. The number of piperidine rings is 2. The summed E-state index contributed by atoms with van der Waals surface area (Å²) in [5.74, 6) is 0.905. The Bertz CT molecular complexity index is 1320. The summed E-state index contributed by atoms with van der Waals surface area (Å²) in [5, 5.41) is 12.3. The molecule has 0 aliphatic carbocycles. The predicted octanol–water partition coefficient (Wildman–Crippen LogP) is 5.81. The zero-order chi connectivity index (χ0) is 27.4. The fraction of sp³-hybridized carbons (Fsp3) is 0.545. The molecular formula is C33H44N2O4. The topological polar surface area (TPSA) is 66.1 Å². The first kappa shape index (κ1) is 27.9. The maximum Gasteiger partial charge on any atom is 0.340 e. The highest BCUT2D eigenvalue weighted by Crippen LogP contribution is 2.37. The predicted molar refractivity (Wildman–Crippen MR) is 157 cm³/mol.